The highest BCUT2D eigenvalue weighted by molar-refractivity contribution is 5.80. The summed E-state index contributed by atoms with van der Waals surface area (Å²) >= 11 is 0. The van der Waals surface area contributed by atoms with Gasteiger partial charge < -0.3 is 16.4 Å². The second-order valence-electron chi connectivity index (χ2n) is 3.94. The van der Waals surface area contributed by atoms with Crippen LogP contribution in [-0.2, 0) is 11.2 Å². The van der Waals surface area contributed by atoms with Crippen molar-refractivity contribution in [1.82, 2.24) is 0 Å². The van der Waals surface area contributed by atoms with Gasteiger partial charge in [-0.1, -0.05) is 18.2 Å². The molecule has 0 saturated carbocycles. The second kappa shape index (κ2) is 3.90. The smallest absolute Gasteiger partial charge is 0.236 e. The highest BCUT2D eigenvalue weighted by Crippen LogP contribution is 2.25. The molecule has 0 bridgehead atoms. The Morgan fingerprint density at radius 3 is 2.93 bits per heavy atom. The molecule has 0 spiro atoms. The molecule has 15 heavy (non-hydrogen) atoms. The van der Waals surface area contributed by atoms with Crippen LogP contribution in [0.5, 0.6) is 0 Å². The number of hydrogen-bond acceptors (Lipinski definition) is 3. The molecule has 2 rings (SSSR count). The molecule has 1 aromatic rings. The number of amides is 1. The number of carbonyl (C=O) groups excluding carboxylic acids is 1. The van der Waals surface area contributed by atoms with E-state index in [0.717, 1.165) is 12.1 Å². The molecule has 4 nitrogen and oxygen atoms in total. The number of rotatable bonds is 2. The van der Waals surface area contributed by atoms with E-state index < -0.39 is 0 Å². The van der Waals surface area contributed by atoms with E-state index in [1.165, 1.54) is 5.56 Å². The largest absolute Gasteiger partial charge is 0.368 e. The Morgan fingerprint density at radius 2 is 2.20 bits per heavy atom. The first-order valence-corrected chi connectivity index (χ1v) is 5.03. The van der Waals surface area contributed by atoms with E-state index in [4.69, 9.17) is 11.5 Å². The average molecular weight is 205 g/mol. The quantitative estimate of drug-likeness (QED) is 0.706. The van der Waals surface area contributed by atoms with Gasteiger partial charge in [0.15, 0.2) is 0 Å². The van der Waals surface area contributed by atoms with Crippen LogP contribution in [0.2, 0.25) is 0 Å². The van der Waals surface area contributed by atoms with Crippen molar-refractivity contribution in [3.63, 3.8) is 0 Å². The number of nitrogens with two attached hydrogens (primary N) is 2. The number of anilines is 1. The van der Waals surface area contributed by atoms with Gasteiger partial charge in [0.2, 0.25) is 5.91 Å². The van der Waals surface area contributed by atoms with Crippen LogP contribution in [-0.4, -0.2) is 25.0 Å². The van der Waals surface area contributed by atoms with E-state index in [9.17, 15) is 4.79 Å². The topological polar surface area (TPSA) is 72.4 Å². The van der Waals surface area contributed by atoms with Gasteiger partial charge in [-0.25, -0.2) is 0 Å². The van der Waals surface area contributed by atoms with Gasteiger partial charge in [-0.15, -0.1) is 0 Å². The van der Waals surface area contributed by atoms with Crippen molar-refractivity contribution >= 4 is 11.6 Å². The SMILES string of the molecule is NC(=O)CN1CC(N)Cc2ccccc21. The van der Waals surface area contributed by atoms with Crippen LogP contribution in [0, 0.1) is 0 Å². The van der Waals surface area contributed by atoms with Gasteiger partial charge in [-0.3, -0.25) is 4.79 Å². The molecular formula is C11H15N3O. The number of hydrogen-bond donors (Lipinski definition) is 2. The molecule has 80 valence electrons. The average Bonchev–Trinajstić information content (AvgIpc) is 2.16. The minimum Gasteiger partial charge on any atom is -0.368 e. The lowest BCUT2D eigenvalue weighted by molar-refractivity contribution is -0.116. The third kappa shape index (κ3) is 2.10. The van der Waals surface area contributed by atoms with Crippen molar-refractivity contribution in [3.05, 3.63) is 29.8 Å². The van der Waals surface area contributed by atoms with E-state index in [0.29, 0.717) is 6.54 Å². The Balaban J connectivity index is 2.29. The summed E-state index contributed by atoms with van der Waals surface area (Å²) < 4.78 is 0. The van der Waals surface area contributed by atoms with Crippen molar-refractivity contribution in [2.75, 3.05) is 18.0 Å². The van der Waals surface area contributed by atoms with Crippen molar-refractivity contribution < 1.29 is 4.79 Å². The lowest BCUT2D eigenvalue weighted by Crippen LogP contribution is -2.46. The van der Waals surface area contributed by atoms with Crippen LogP contribution in [0.4, 0.5) is 5.69 Å². The molecular weight excluding hydrogens is 190 g/mol. The Bertz CT molecular complexity index is 378. The molecule has 0 aromatic heterocycles. The molecule has 1 aliphatic heterocycles. The minimum atomic E-state index is -0.320. The fourth-order valence-corrected chi connectivity index (χ4v) is 2.06. The standard InChI is InChI=1S/C11H15N3O/c12-9-5-8-3-1-2-4-10(8)14(6-9)7-11(13)15/h1-4,9H,5-7,12H2,(H2,13,15). The van der Waals surface area contributed by atoms with Crippen LogP contribution in [0.25, 0.3) is 0 Å². The maximum atomic E-state index is 10.9. The highest BCUT2D eigenvalue weighted by Gasteiger charge is 2.22. The zero-order valence-corrected chi connectivity index (χ0v) is 8.52. The van der Waals surface area contributed by atoms with Gasteiger partial charge in [-0.05, 0) is 18.1 Å². The molecule has 4 heteroatoms. The van der Waals surface area contributed by atoms with Crippen LogP contribution >= 0.6 is 0 Å². The summed E-state index contributed by atoms with van der Waals surface area (Å²) in [6.45, 7) is 0.935. The number of fused-ring (bicyclic) bond motifs is 1. The summed E-state index contributed by atoms with van der Waals surface area (Å²) in [5, 5.41) is 0. The minimum absolute atomic E-state index is 0.0826. The van der Waals surface area contributed by atoms with Gasteiger partial charge in [0.05, 0.1) is 6.54 Å². The number of primary amides is 1. The maximum absolute atomic E-state index is 10.9. The van der Waals surface area contributed by atoms with Gasteiger partial charge >= 0.3 is 0 Å². The highest BCUT2D eigenvalue weighted by atomic mass is 16.1. The van der Waals surface area contributed by atoms with E-state index in [-0.39, 0.29) is 18.5 Å². The fraction of sp³-hybridized carbons (Fsp3) is 0.364. The maximum Gasteiger partial charge on any atom is 0.236 e. The summed E-state index contributed by atoms with van der Waals surface area (Å²) in [6.07, 6.45) is 0.867. The molecule has 1 heterocycles. The number of nitrogens with zero attached hydrogens (tertiary/aromatic N) is 1. The van der Waals surface area contributed by atoms with Crippen molar-refractivity contribution in [3.8, 4) is 0 Å². The molecule has 1 atom stereocenters. The summed E-state index contributed by atoms with van der Waals surface area (Å²) in [4.78, 5) is 12.9. The third-order valence-electron chi connectivity index (χ3n) is 2.62. The molecule has 0 radical (unpaired) electrons. The molecule has 4 N–H and O–H groups in total. The van der Waals surface area contributed by atoms with Gasteiger partial charge in [0.1, 0.15) is 0 Å². The van der Waals surface area contributed by atoms with Gasteiger partial charge in [0, 0.05) is 18.3 Å². The molecule has 1 aromatic carbocycles. The van der Waals surface area contributed by atoms with Crippen LogP contribution < -0.4 is 16.4 Å². The van der Waals surface area contributed by atoms with Gasteiger partial charge in [0.25, 0.3) is 0 Å². The first-order valence-electron chi connectivity index (χ1n) is 5.03. The van der Waals surface area contributed by atoms with E-state index in [2.05, 4.69) is 0 Å². The molecule has 0 aliphatic carbocycles. The summed E-state index contributed by atoms with van der Waals surface area (Å²) in [7, 11) is 0. The van der Waals surface area contributed by atoms with E-state index in [1.807, 2.05) is 29.2 Å². The Labute approximate surface area is 88.9 Å². The Hall–Kier alpha value is -1.55. The summed E-state index contributed by atoms with van der Waals surface area (Å²) in [5.41, 5.74) is 13.4. The van der Waals surface area contributed by atoms with Crippen molar-refractivity contribution in [1.29, 1.82) is 0 Å². The normalized spacial score (nSPS) is 19.8. The molecule has 1 amide bonds. The van der Waals surface area contributed by atoms with Crippen molar-refractivity contribution in [2.24, 2.45) is 11.5 Å². The predicted molar refractivity (Wildman–Crippen MR) is 59.5 cm³/mol. The zero-order chi connectivity index (χ0) is 10.8. The zero-order valence-electron chi connectivity index (χ0n) is 8.52. The Kier molecular flexibility index (Phi) is 2.60. The van der Waals surface area contributed by atoms with Crippen LogP contribution in [0.1, 0.15) is 5.56 Å². The monoisotopic (exact) mass is 205 g/mol. The van der Waals surface area contributed by atoms with E-state index >= 15 is 0 Å². The molecule has 0 fully saturated rings. The molecule has 1 unspecified atom stereocenters. The molecule has 1 aliphatic rings. The lowest BCUT2D eigenvalue weighted by atomic mass is 9.98. The first-order chi connectivity index (χ1) is 7.16. The molecule has 0 saturated heterocycles. The Morgan fingerprint density at radius 1 is 1.47 bits per heavy atom. The van der Waals surface area contributed by atoms with Gasteiger partial charge in [-0.2, -0.15) is 0 Å². The number of carbonyl (C=O) groups is 1. The van der Waals surface area contributed by atoms with Crippen molar-refractivity contribution in [2.45, 2.75) is 12.5 Å². The third-order valence-corrected chi connectivity index (χ3v) is 2.62. The van der Waals surface area contributed by atoms with Crippen LogP contribution in [0.3, 0.4) is 0 Å². The number of para-hydroxylation sites is 1. The summed E-state index contributed by atoms with van der Waals surface area (Å²) in [6, 6.07) is 8.08. The lowest BCUT2D eigenvalue weighted by Gasteiger charge is -2.33. The number of benzene rings is 1. The van der Waals surface area contributed by atoms with Crippen LogP contribution in [0.15, 0.2) is 24.3 Å². The fourth-order valence-electron chi connectivity index (χ4n) is 2.06. The predicted octanol–water partition coefficient (Wildman–Crippen LogP) is -0.138. The second-order valence-corrected chi connectivity index (χ2v) is 3.94. The van der Waals surface area contributed by atoms with E-state index in [1.54, 1.807) is 0 Å². The summed E-state index contributed by atoms with van der Waals surface area (Å²) in [5.74, 6) is -0.320. The first kappa shape index (κ1) is 9.98.